The number of hydrogen-bond donors (Lipinski definition) is 1. The Morgan fingerprint density at radius 1 is 1.06 bits per heavy atom. The summed E-state index contributed by atoms with van der Waals surface area (Å²) in [6.45, 7) is 9.23. The van der Waals surface area contributed by atoms with Gasteiger partial charge in [-0.3, -0.25) is 14.4 Å². The number of amides is 1. The van der Waals surface area contributed by atoms with E-state index in [9.17, 15) is 4.79 Å². The molecule has 1 saturated heterocycles. The fraction of sp³-hybridized carbons (Fsp3) is 0.440. The van der Waals surface area contributed by atoms with Crippen molar-refractivity contribution in [2.75, 3.05) is 39.4 Å². The van der Waals surface area contributed by atoms with Gasteiger partial charge < -0.3 is 14.8 Å². The SMILES string of the molecule is CC(C)(Oc1nn(CCN2CCOCC2)c2ccccc12)C(=O)NCCc1ccccc1. The first kappa shape index (κ1) is 22.3. The number of rotatable bonds is 9. The maximum atomic E-state index is 12.8. The molecule has 1 aliphatic heterocycles. The van der Waals surface area contributed by atoms with Gasteiger partial charge in [-0.25, -0.2) is 0 Å². The summed E-state index contributed by atoms with van der Waals surface area (Å²) in [7, 11) is 0. The van der Waals surface area contributed by atoms with Gasteiger partial charge in [-0.2, -0.15) is 0 Å². The lowest BCUT2D eigenvalue weighted by molar-refractivity contribution is -0.134. The van der Waals surface area contributed by atoms with Crippen LogP contribution in [0.4, 0.5) is 0 Å². The Labute approximate surface area is 189 Å². The summed E-state index contributed by atoms with van der Waals surface area (Å²) >= 11 is 0. The molecule has 170 valence electrons. The second-order valence-electron chi connectivity index (χ2n) is 8.60. The molecule has 3 aromatic rings. The molecule has 1 amide bonds. The number of aromatic nitrogens is 2. The van der Waals surface area contributed by atoms with Gasteiger partial charge in [0, 0.05) is 26.2 Å². The fourth-order valence-electron chi connectivity index (χ4n) is 3.87. The number of carbonyl (C=O) groups is 1. The highest BCUT2D eigenvalue weighted by Gasteiger charge is 2.31. The van der Waals surface area contributed by atoms with Gasteiger partial charge >= 0.3 is 0 Å². The molecule has 2 heterocycles. The Kier molecular flexibility index (Phi) is 7.07. The number of benzene rings is 2. The Hall–Kier alpha value is -2.90. The van der Waals surface area contributed by atoms with E-state index >= 15 is 0 Å². The molecule has 1 fully saturated rings. The molecule has 0 saturated carbocycles. The number of carbonyl (C=O) groups excluding carboxylic acids is 1. The smallest absolute Gasteiger partial charge is 0.263 e. The quantitative estimate of drug-likeness (QED) is 0.559. The van der Waals surface area contributed by atoms with E-state index in [1.54, 1.807) is 13.8 Å². The number of ether oxygens (including phenoxy) is 2. The third kappa shape index (κ3) is 5.47. The minimum Gasteiger partial charge on any atom is -0.460 e. The van der Waals surface area contributed by atoms with E-state index in [0.717, 1.165) is 56.7 Å². The zero-order valence-electron chi connectivity index (χ0n) is 18.9. The summed E-state index contributed by atoms with van der Waals surface area (Å²) in [5.41, 5.74) is 1.16. The second-order valence-corrected chi connectivity index (χ2v) is 8.60. The highest BCUT2D eigenvalue weighted by Crippen LogP contribution is 2.28. The van der Waals surface area contributed by atoms with Crippen molar-refractivity contribution in [1.82, 2.24) is 20.0 Å². The molecule has 7 nitrogen and oxygen atoms in total. The average Bonchev–Trinajstić information content (AvgIpc) is 3.16. The van der Waals surface area contributed by atoms with E-state index < -0.39 is 5.60 Å². The summed E-state index contributed by atoms with van der Waals surface area (Å²) in [5.74, 6) is 0.339. The minimum absolute atomic E-state index is 0.152. The number of nitrogens with one attached hydrogen (secondary N) is 1. The van der Waals surface area contributed by atoms with Gasteiger partial charge in [0.05, 0.1) is 30.7 Å². The number of hydrogen-bond acceptors (Lipinski definition) is 5. The minimum atomic E-state index is -1.04. The van der Waals surface area contributed by atoms with Crippen molar-refractivity contribution >= 4 is 16.8 Å². The van der Waals surface area contributed by atoms with Crippen LogP contribution >= 0.6 is 0 Å². The number of morpholine rings is 1. The molecule has 0 unspecified atom stereocenters. The second kappa shape index (κ2) is 10.1. The van der Waals surface area contributed by atoms with Crippen LogP contribution in [-0.2, 0) is 22.5 Å². The normalized spacial score (nSPS) is 15.1. The maximum absolute atomic E-state index is 12.8. The van der Waals surface area contributed by atoms with Crippen molar-refractivity contribution in [2.24, 2.45) is 0 Å². The maximum Gasteiger partial charge on any atom is 0.263 e. The van der Waals surface area contributed by atoms with Gasteiger partial charge in [0.1, 0.15) is 0 Å². The molecule has 0 radical (unpaired) electrons. The van der Waals surface area contributed by atoms with E-state index in [1.807, 2.05) is 47.1 Å². The van der Waals surface area contributed by atoms with Crippen LogP contribution in [0.3, 0.4) is 0 Å². The van der Waals surface area contributed by atoms with Crippen molar-refractivity contribution in [3.05, 3.63) is 60.2 Å². The highest BCUT2D eigenvalue weighted by atomic mass is 16.5. The lowest BCUT2D eigenvalue weighted by atomic mass is 10.1. The molecule has 2 aromatic carbocycles. The van der Waals surface area contributed by atoms with Crippen LogP contribution in [-0.4, -0.2) is 65.6 Å². The highest BCUT2D eigenvalue weighted by molar-refractivity contribution is 5.87. The largest absolute Gasteiger partial charge is 0.460 e. The van der Waals surface area contributed by atoms with Gasteiger partial charge in [-0.1, -0.05) is 42.5 Å². The Morgan fingerprint density at radius 2 is 1.78 bits per heavy atom. The lowest BCUT2D eigenvalue weighted by Gasteiger charge is -2.26. The Morgan fingerprint density at radius 3 is 2.56 bits per heavy atom. The predicted octanol–water partition coefficient (Wildman–Crippen LogP) is 2.88. The summed E-state index contributed by atoms with van der Waals surface area (Å²) < 4.78 is 13.6. The van der Waals surface area contributed by atoms with Crippen LogP contribution in [0.1, 0.15) is 19.4 Å². The van der Waals surface area contributed by atoms with Crippen LogP contribution in [0.2, 0.25) is 0 Å². The molecule has 0 atom stereocenters. The summed E-state index contributed by atoms with van der Waals surface area (Å²) in [6, 6.07) is 18.1. The van der Waals surface area contributed by atoms with Crippen molar-refractivity contribution in [3.8, 4) is 5.88 Å². The first-order valence-electron chi connectivity index (χ1n) is 11.3. The number of nitrogens with zero attached hydrogens (tertiary/aromatic N) is 3. The molecule has 1 aromatic heterocycles. The molecule has 0 aliphatic carbocycles. The first-order valence-corrected chi connectivity index (χ1v) is 11.3. The van der Waals surface area contributed by atoms with Gasteiger partial charge in [-0.05, 0) is 38.0 Å². The van der Waals surface area contributed by atoms with Crippen molar-refractivity contribution in [2.45, 2.75) is 32.4 Å². The number of para-hydroxylation sites is 1. The van der Waals surface area contributed by atoms with Crippen molar-refractivity contribution < 1.29 is 14.3 Å². The molecule has 1 aliphatic rings. The summed E-state index contributed by atoms with van der Waals surface area (Å²) in [5, 5.41) is 8.64. The molecular weight excluding hydrogens is 404 g/mol. The van der Waals surface area contributed by atoms with Crippen LogP contribution < -0.4 is 10.1 Å². The molecule has 0 spiro atoms. The van der Waals surface area contributed by atoms with Crippen LogP contribution in [0.5, 0.6) is 5.88 Å². The van der Waals surface area contributed by atoms with Crippen LogP contribution in [0, 0.1) is 0 Å². The predicted molar refractivity (Wildman–Crippen MR) is 125 cm³/mol. The Bertz CT molecular complexity index is 1030. The topological polar surface area (TPSA) is 68.6 Å². The van der Waals surface area contributed by atoms with E-state index in [2.05, 4.69) is 22.3 Å². The third-order valence-corrected chi connectivity index (χ3v) is 5.80. The van der Waals surface area contributed by atoms with E-state index in [0.29, 0.717) is 12.4 Å². The third-order valence-electron chi connectivity index (χ3n) is 5.80. The monoisotopic (exact) mass is 436 g/mol. The summed E-state index contributed by atoms with van der Waals surface area (Å²) in [6.07, 6.45) is 0.780. The van der Waals surface area contributed by atoms with Gasteiger partial charge in [-0.15, -0.1) is 5.10 Å². The standard InChI is InChI=1S/C25H32N4O3/c1-25(2,24(30)26-13-12-20-8-4-3-5-9-20)32-23-21-10-6-7-11-22(21)29(27-23)15-14-28-16-18-31-19-17-28/h3-11H,12-19H2,1-2H3,(H,26,30). The summed E-state index contributed by atoms with van der Waals surface area (Å²) in [4.78, 5) is 15.2. The number of fused-ring (bicyclic) bond motifs is 1. The van der Waals surface area contributed by atoms with Crippen molar-refractivity contribution in [3.63, 3.8) is 0 Å². The average molecular weight is 437 g/mol. The zero-order chi connectivity index (χ0) is 22.4. The van der Waals surface area contributed by atoms with Crippen LogP contribution in [0.15, 0.2) is 54.6 Å². The molecular formula is C25H32N4O3. The fourth-order valence-corrected chi connectivity index (χ4v) is 3.87. The van der Waals surface area contributed by atoms with E-state index in [4.69, 9.17) is 14.6 Å². The van der Waals surface area contributed by atoms with Crippen molar-refractivity contribution in [1.29, 1.82) is 0 Å². The van der Waals surface area contributed by atoms with Gasteiger partial charge in [0.15, 0.2) is 5.60 Å². The Balaban J connectivity index is 1.41. The van der Waals surface area contributed by atoms with E-state index in [-0.39, 0.29) is 5.91 Å². The zero-order valence-corrected chi connectivity index (χ0v) is 18.9. The molecule has 32 heavy (non-hydrogen) atoms. The van der Waals surface area contributed by atoms with Crippen LogP contribution in [0.25, 0.3) is 10.9 Å². The first-order chi connectivity index (χ1) is 15.5. The molecule has 1 N–H and O–H groups in total. The lowest BCUT2D eigenvalue weighted by Crippen LogP contribution is -2.47. The van der Waals surface area contributed by atoms with Gasteiger partial charge in [0.25, 0.3) is 5.91 Å². The van der Waals surface area contributed by atoms with E-state index in [1.165, 1.54) is 5.56 Å². The molecule has 0 bridgehead atoms. The molecule has 4 rings (SSSR count). The molecule has 7 heteroatoms. The van der Waals surface area contributed by atoms with Gasteiger partial charge in [0.2, 0.25) is 5.88 Å².